The fourth-order valence-electron chi connectivity index (χ4n) is 2.06. The predicted octanol–water partition coefficient (Wildman–Crippen LogP) is 2.12. The molecule has 0 aliphatic carbocycles. The maximum absolute atomic E-state index is 12.1. The van der Waals surface area contributed by atoms with E-state index in [1.807, 2.05) is 21.7 Å². The predicted molar refractivity (Wildman–Crippen MR) is 69.3 cm³/mol. The number of piperidine rings is 1. The van der Waals surface area contributed by atoms with Crippen molar-refractivity contribution >= 4 is 29.7 Å². The van der Waals surface area contributed by atoms with Crippen LogP contribution >= 0.6 is 23.7 Å². The third-order valence-corrected chi connectivity index (χ3v) is 3.61. The quantitative estimate of drug-likeness (QED) is 0.886. The Labute approximate surface area is 106 Å². The molecule has 5 heteroatoms. The van der Waals surface area contributed by atoms with Gasteiger partial charge in [-0.3, -0.25) is 4.79 Å². The fraction of sp³-hybridized carbons (Fsp3) is 0.545. The van der Waals surface area contributed by atoms with Crippen LogP contribution in [0.4, 0.5) is 0 Å². The van der Waals surface area contributed by atoms with Crippen molar-refractivity contribution in [1.82, 2.24) is 4.90 Å². The Hall–Kier alpha value is -0.580. The van der Waals surface area contributed by atoms with Gasteiger partial charge in [0.2, 0.25) is 0 Å². The van der Waals surface area contributed by atoms with Crippen molar-refractivity contribution in [2.24, 2.45) is 5.73 Å². The molecule has 3 nitrogen and oxygen atoms in total. The van der Waals surface area contributed by atoms with Gasteiger partial charge in [0.25, 0.3) is 5.91 Å². The lowest BCUT2D eigenvalue weighted by molar-refractivity contribution is 0.0624. The summed E-state index contributed by atoms with van der Waals surface area (Å²) in [5.41, 5.74) is 6.50. The molecule has 1 amide bonds. The summed E-state index contributed by atoms with van der Waals surface area (Å²) in [6, 6.07) is 2.13. The highest BCUT2D eigenvalue weighted by molar-refractivity contribution is 7.08. The molecule has 1 aliphatic heterocycles. The van der Waals surface area contributed by atoms with E-state index in [1.165, 1.54) is 6.42 Å². The molecule has 1 atom stereocenters. The van der Waals surface area contributed by atoms with Gasteiger partial charge in [-0.05, 0) is 30.7 Å². The number of amides is 1. The van der Waals surface area contributed by atoms with Crippen LogP contribution in [0.5, 0.6) is 0 Å². The lowest BCUT2D eigenvalue weighted by atomic mass is 10.0. The number of nitrogens with zero attached hydrogens (tertiary/aromatic N) is 1. The van der Waals surface area contributed by atoms with Gasteiger partial charge in [-0.2, -0.15) is 11.3 Å². The van der Waals surface area contributed by atoms with Gasteiger partial charge in [0.1, 0.15) is 0 Å². The zero-order valence-corrected chi connectivity index (χ0v) is 10.7. The lowest BCUT2D eigenvalue weighted by Crippen LogP contribution is -2.47. The first-order chi connectivity index (χ1) is 7.33. The van der Waals surface area contributed by atoms with Crippen molar-refractivity contribution in [1.29, 1.82) is 0 Å². The number of nitrogens with two attached hydrogens (primary N) is 1. The summed E-state index contributed by atoms with van der Waals surface area (Å²) >= 11 is 1.56. The number of hydrogen-bond donors (Lipinski definition) is 1. The number of carbonyl (C=O) groups excluding carboxylic acids is 1. The Morgan fingerprint density at radius 1 is 1.56 bits per heavy atom. The Kier molecular flexibility index (Phi) is 5.25. The van der Waals surface area contributed by atoms with Crippen molar-refractivity contribution in [2.45, 2.75) is 25.3 Å². The summed E-state index contributed by atoms with van der Waals surface area (Å²) < 4.78 is 0. The monoisotopic (exact) mass is 260 g/mol. The van der Waals surface area contributed by atoms with Crippen LogP contribution in [0.3, 0.4) is 0 Å². The van der Waals surface area contributed by atoms with E-state index in [1.54, 1.807) is 11.3 Å². The molecule has 1 aromatic heterocycles. The number of halogens is 1. The van der Waals surface area contributed by atoms with Gasteiger partial charge in [-0.1, -0.05) is 0 Å². The second-order valence-corrected chi connectivity index (χ2v) is 4.68. The van der Waals surface area contributed by atoms with Crippen LogP contribution < -0.4 is 5.73 Å². The molecule has 16 heavy (non-hydrogen) atoms. The minimum Gasteiger partial charge on any atom is -0.334 e. The molecule has 1 aromatic rings. The van der Waals surface area contributed by atoms with E-state index >= 15 is 0 Å². The van der Waals surface area contributed by atoms with Crippen molar-refractivity contribution in [3.63, 3.8) is 0 Å². The maximum atomic E-state index is 12.1. The average molecular weight is 261 g/mol. The number of hydrogen-bond acceptors (Lipinski definition) is 3. The Bertz CT molecular complexity index is 329. The molecule has 2 heterocycles. The first kappa shape index (κ1) is 13.5. The highest BCUT2D eigenvalue weighted by atomic mass is 35.5. The molecule has 90 valence electrons. The van der Waals surface area contributed by atoms with Gasteiger partial charge < -0.3 is 10.6 Å². The fourth-order valence-corrected chi connectivity index (χ4v) is 2.69. The first-order valence-corrected chi connectivity index (χ1v) is 6.30. The molecule has 0 bridgehead atoms. The molecule has 0 aromatic carbocycles. The standard InChI is InChI=1S/C11H16N2OS.ClH/c12-7-10-3-1-2-5-13(10)11(14)9-4-6-15-8-9;/h4,6,8,10H,1-3,5,7,12H2;1H. The Balaban J connectivity index is 0.00000128. The van der Waals surface area contributed by atoms with Crippen LogP contribution in [0.1, 0.15) is 29.6 Å². The highest BCUT2D eigenvalue weighted by Crippen LogP contribution is 2.19. The molecular weight excluding hydrogens is 244 g/mol. The van der Waals surface area contributed by atoms with E-state index in [-0.39, 0.29) is 24.4 Å². The van der Waals surface area contributed by atoms with E-state index in [9.17, 15) is 4.79 Å². The molecule has 0 saturated carbocycles. The SMILES string of the molecule is Cl.NCC1CCCCN1C(=O)c1ccsc1. The van der Waals surface area contributed by atoms with Crippen molar-refractivity contribution in [2.75, 3.05) is 13.1 Å². The molecule has 1 unspecified atom stereocenters. The van der Waals surface area contributed by atoms with Crippen LogP contribution in [-0.4, -0.2) is 29.9 Å². The molecule has 2 N–H and O–H groups in total. The topological polar surface area (TPSA) is 46.3 Å². The van der Waals surface area contributed by atoms with Crippen molar-refractivity contribution in [3.8, 4) is 0 Å². The van der Waals surface area contributed by atoms with Crippen LogP contribution in [-0.2, 0) is 0 Å². The molecule has 0 spiro atoms. The minimum absolute atomic E-state index is 0. The van der Waals surface area contributed by atoms with E-state index in [2.05, 4.69) is 0 Å². The first-order valence-electron chi connectivity index (χ1n) is 5.36. The Morgan fingerprint density at radius 3 is 3.00 bits per heavy atom. The van der Waals surface area contributed by atoms with Crippen LogP contribution in [0.25, 0.3) is 0 Å². The average Bonchev–Trinajstić information content (AvgIpc) is 2.81. The van der Waals surface area contributed by atoms with Gasteiger partial charge in [0.15, 0.2) is 0 Å². The molecule has 1 fully saturated rings. The molecule has 2 rings (SSSR count). The summed E-state index contributed by atoms with van der Waals surface area (Å²) in [4.78, 5) is 14.0. The van der Waals surface area contributed by atoms with E-state index < -0.39 is 0 Å². The third-order valence-electron chi connectivity index (χ3n) is 2.93. The van der Waals surface area contributed by atoms with Gasteiger partial charge in [-0.15, -0.1) is 12.4 Å². The molecule has 1 saturated heterocycles. The summed E-state index contributed by atoms with van der Waals surface area (Å²) in [7, 11) is 0. The van der Waals surface area contributed by atoms with Gasteiger partial charge >= 0.3 is 0 Å². The van der Waals surface area contributed by atoms with E-state index in [4.69, 9.17) is 5.73 Å². The zero-order valence-electron chi connectivity index (χ0n) is 9.09. The lowest BCUT2D eigenvalue weighted by Gasteiger charge is -2.34. The van der Waals surface area contributed by atoms with Gasteiger partial charge in [-0.25, -0.2) is 0 Å². The Morgan fingerprint density at radius 2 is 2.38 bits per heavy atom. The minimum atomic E-state index is 0. The zero-order chi connectivity index (χ0) is 10.7. The van der Waals surface area contributed by atoms with E-state index in [0.717, 1.165) is 24.9 Å². The summed E-state index contributed by atoms with van der Waals surface area (Å²) in [5.74, 6) is 0.145. The summed E-state index contributed by atoms with van der Waals surface area (Å²) in [6.45, 7) is 1.44. The highest BCUT2D eigenvalue weighted by Gasteiger charge is 2.26. The molecule has 0 radical (unpaired) electrons. The van der Waals surface area contributed by atoms with Gasteiger partial charge in [0, 0.05) is 24.5 Å². The number of thiophene rings is 1. The maximum Gasteiger partial charge on any atom is 0.254 e. The van der Waals surface area contributed by atoms with Crippen molar-refractivity contribution < 1.29 is 4.79 Å². The summed E-state index contributed by atoms with van der Waals surface area (Å²) in [5, 5.41) is 3.85. The van der Waals surface area contributed by atoms with Gasteiger partial charge in [0.05, 0.1) is 5.56 Å². The van der Waals surface area contributed by atoms with Crippen molar-refractivity contribution in [3.05, 3.63) is 22.4 Å². The largest absolute Gasteiger partial charge is 0.334 e. The second-order valence-electron chi connectivity index (χ2n) is 3.90. The van der Waals surface area contributed by atoms with Crippen LogP contribution in [0, 0.1) is 0 Å². The van der Waals surface area contributed by atoms with Crippen LogP contribution in [0.2, 0.25) is 0 Å². The summed E-state index contributed by atoms with van der Waals surface area (Å²) in [6.07, 6.45) is 3.34. The smallest absolute Gasteiger partial charge is 0.254 e. The third kappa shape index (κ3) is 2.75. The number of likely N-dealkylation sites (tertiary alicyclic amines) is 1. The second kappa shape index (κ2) is 6.23. The van der Waals surface area contributed by atoms with E-state index in [0.29, 0.717) is 6.54 Å². The van der Waals surface area contributed by atoms with Crippen LogP contribution in [0.15, 0.2) is 16.8 Å². The molecular formula is C11H17ClN2OS. The normalized spacial score (nSPS) is 20.3. The molecule has 1 aliphatic rings. The number of carbonyl (C=O) groups is 1. The number of rotatable bonds is 2.